The number of nitrogens with two attached hydrogens (primary N) is 1. The van der Waals surface area contributed by atoms with Crippen LogP contribution >= 0.6 is 11.8 Å². The van der Waals surface area contributed by atoms with Gasteiger partial charge in [0.1, 0.15) is 0 Å². The van der Waals surface area contributed by atoms with Crippen LogP contribution in [0.5, 0.6) is 0 Å². The fourth-order valence-electron chi connectivity index (χ4n) is 2.04. The zero-order chi connectivity index (χ0) is 10.5. The minimum atomic E-state index is 0.712. The van der Waals surface area contributed by atoms with Crippen LogP contribution in [0.1, 0.15) is 31.2 Å². The molecule has 1 fully saturated rings. The Hall–Kier alpha value is -0.540. The highest BCUT2D eigenvalue weighted by atomic mass is 32.2. The van der Waals surface area contributed by atoms with Crippen molar-refractivity contribution in [1.82, 2.24) is 4.98 Å². The second kappa shape index (κ2) is 5.52. The van der Waals surface area contributed by atoms with Crippen molar-refractivity contribution in [2.75, 3.05) is 6.54 Å². The quantitative estimate of drug-likeness (QED) is 0.851. The fourth-order valence-corrected chi connectivity index (χ4v) is 3.37. The molecule has 3 heteroatoms. The molecule has 1 aliphatic carbocycles. The summed E-state index contributed by atoms with van der Waals surface area (Å²) in [7, 11) is 0. The van der Waals surface area contributed by atoms with E-state index in [1.807, 2.05) is 24.0 Å². The van der Waals surface area contributed by atoms with Crippen LogP contribution < -0.4 is 5.73 Å². The monoisotopic (exact) mass is 222 g/mol. The van der Waals surface area contributed by atoms with Crippen LogP contribution in [-0.4, -0.2) is 16.8 Å². The van der Waals surface area contributed by atoms with E-state index in [1.165, 1.54) is 36.3 Å². The molecule has 0 aliphatic heterocycles. The molecule has 1 heterocycles. The summed E-state index contributed by atoms with van der Waals surface area (Å²) in [6.07, 6.45) is 8.31. The normalized spacial score (nSPS) is 17.1. The highest BCUT2D eigenvalue weighted by Gasteiger charge is 2.17. The first-order valence-corrected chi connectivity index (χ1v) is 6.58. The van der Waals surface area contributed by atoms with Gasteiger partial charge >= 0.3 is 0 Å². The van der Waals surface area contributed by atoms with Crippen LogP contribution in [0.4, 0.5) is 0 Å². The Kier molecular flexibility index (Phi) is 4.03. The van der Waals surface area contributed by atoms with Gasteiger partial charge in [-0.25, -0.2) is 4.98 Å². The zero-order valence-electron chi connectivity index (χ0n) is 8.98. The third kappa shape index (κ3) is 2.95. The summed E-state index contributed by atoms with van der Waals surface area (Å²) < 4.78 is 0. The van der Waals surface area contributed by atoms with Crippen LogP contribution in [0.3, 0.4) is 0 Å². The lowest BCUT2D eigenvalue weighted by Crippen LogP contribution is -2.05. The maximum absolute atomic E-state index is 5.60. The van der Waals surface area contributed by atoms with Gasteiger partial charge in [-0.2, -0.15) is 0 Å². The number of thioether (sulfide) groups is 1. The minimum Gasteiger partial charge on any atom is -0.330 e. The Morgan fingerprint density at radius 2 is 2.20 bits per heavy atom. The largest absolute Gasteiger partial charge is 0.330 e. The maximum atomic E-state index is 5.60. The van der Waals surface area contributed by atoms with Gasteiger partial charge in [0.25, 0.3) is 0 Å². The summed E-state index contributed by atoms with van der Waals surface area (Å²) in [5, 5.41) is 1.99. The number of hydrogen-bond acceptors (Lipinski definition) is 3. The van der Waals surface area contributed by atoms with E-state index in [9.17, 15) is 0 Å². The first kappa shape index (κ1) is 11.0. The van der Waals surface area contributed by atoms with Crippen molar-refractivity contribution in [3.05, 3.63) is 23.9 Å². The van der Waals surface area contributed by atoms with Gasteiger partial charge in [-0.15, -0.1) is 11.8 Å². The standard InChI is InChI=1S/C12H18N2S/c13-8-7-10-4-3-9-14-12(10)15-11-5-1-2-6-11/h3-4,9,11H,1-2,5-8,13H2. The zero-order valence-corrected chi connectivity index (χ0v) is 9.80. The summed E-state index contributed by atoms with van der Waals surface area (Å²) in [4.78, 5) is 4.47. The second-order valence-corrected chi connectivity index (χ2v) is 5.32. The molecule has 0 saturated heterocycles. The molecule has 82 valence electrons. The van der Waals surface area contributed by atoms with E-state index in [2.05, 4.69) is 11.1 Å². The fraction of sp³-hybridized carbons (Fsp3) is 0.583. The Morgan fingerprint density at radius 3 is 2.93 bits per heavy atom. The van der Waals surface area contributed by atoms with Gasteiger partial charge in [-0.3, -0.25) is 0 Å². The molecule has 0 spiro atoms. The van der Waals surface area contributed by atoms with Crippen molar-refractivity contribution < 1.29 is 0 Å². The summed E-state index contributed by atoms with van der Waals surface area (Å²) in [5.74, 6) is 0. The van der Waals surface area contributed by atoms with E-state index in [1.54, 1.807) is 0 Å². The molecule has 0 amide bonds. The van der Waals surface area contributed by atoms with Crippen LogP contribution in [0.25, 0.3) is 0 Å². The lowest BCUT2D eigenvalue weighted by atomic mass is 10.2. The van der Waals surface area contributed by atoms with E-state index < -0.39 is 0 Å². The van der Waals surface area contributed by atoms with Crippen molar-refractivity contribution in [2.45, 2.75) is 42.4 Å². The summed E-state index contributed by atoms with van der Waals surface area (Å²) in [6, 6.07) is 4.15. The maximum Gasteiger partial charge on any atom is 0.0994 e. The molecule has 0 radical (unpaired) electrons. The molecular weight excluding hydrogens is 204 g/mol. The molecule has 0 unspecified atom stereocenters. The predicted molar refractivity (Wildman–Crippen MR) is 65.1 cm³/mol. The van der Waals surface area contributed by atoms with E-state index in [-0.39, 0.29) is 0 Å². The molecular formula is C12H18N2S. The van der Waals surface area contributed by atoms with Gasteiger partial charge in [0.05, 0.1) is 5.03 Å². The molecule has 2 rings (SSSR count). The molecule has 1 saturated carbocycles. The second-order valence-electron chi connectivity index (χ2n) is 4.03. The first-order chi connectivity index (χ1) is 7.40. The van der Waals surface area contributed by atoms with Crippen molar-refractivity contribution in [3.8, 4) is 0 Å². The van der Waals surface area contributed by atoms with Gasteiger partial charge in [-0.05, 0) is 37.4 Å². The van der Waals surface area contributed by atoms with Gasteiger partial charge < -0.3 is 5.73 Å². The molecule has 0 atom stereocenters. The first-order valence-electron chi connectivity index (χ1n) is 5.71. The molecule has 0 bridgehead atoms. The van der Waals surface area contributed by atoms with E-state index >= 15 is 0 Å². The molecule has 0 aromatic carbocycles. The molecule has 1 aromatic heterocycles. The van der Waals surface area contributed by atoms with Gasteiger partial charge in [0.15, 0.2) is 0 Å². The summed E-state index contributed by atoms with van der Waals surface area (Å²) in [5.41, 5.74) is 6.92. The third-order valence-corrected chi connectivity index (χ3v) is 4.24. The van der Waals surface area contributed by atoms with Crippen LogP contribution in [0.2, 0.25) is 0 Å². The minimum absolute atomic E-state index is 0.712. The van der Waals surface area contributed by atoms with Crippen molar-refractivity contribution >= 4 is 11.8 Å². The Bertz CT molecular complexity index is 308. The lowest BCUT2D eigenvalue weighted by Gasteiger charge is -2.11. The average molecular weight is 222 g/mol. The molecule has 1 aromatic rings. The Morgan fingerprint density at radius 1 is 1.40 bits per heavy atom. The Balaban J connectivity index is 2.05. The molecule has 2 N–H and O–H groups in total. The average Bonchev–Trinajstić information content (AvgIpc) is 2.74. The van der Waals surface area contributed by atoms with Gasteiger partial charge in [-0.1, -0.05) is 18.9 Å². The molecule has 15 heavy (non-hydrogen) atoms. The Labute approximate surface area is 95.7 Å². The summed E-state index contributed by atoms with van der Waals surface area (Å²) >= 11 is 1.95. The van der Waals surface area contributed by atoms with Crippen LogP contribution in [0.15, 0.2) is 23.4 Å². The highest BCUT2D eigenvalue weighted by Crippen LogP contribution is 2.35. The smallest absolute Gasteiger partial charge is 0.0994 e. The SMILES string of the molecule is NCCc1cccnc1SC1CCCC1. The third-order valence-electron chi connectivity index (χ3n) is 2.84. The van der Waals surface area contributed by atoms with Crippen molar-refractivity contribution in [1.29, 1.82) is 0 Å². The molecule has 1 aliphatic rings. The van der Waals surface area contributed by atoms with Crippen LogP contribution in [-0.2, 0) is 6.42 Å². The van der Waals surface area contributed by atoms with E-state index in [4.69, 9.17) is 5.73 Å². The van der Waals surface area contributed by atoms with Crippen LogP contribution in [0, 0.1) is 0 Å². The van der Waals surface area contributed by atoms with Crippen molar-refractivity contribution in [2.24, 2.45) is 5.73 Å². The number of nitrogens with zero attached hydrogens (tertiary/aromatic N) is 1. The lowest BCUT2D eigenvalue weighted by molar-refractivity contribution is 0.881. The summed E-state index contributed by atoms with van der Waals surface area (Å²) in [6.45, 7) is 0.712. The van der Waals surface area contributed by atoms with Gasteiger partial charge in [0.2, 0.25) is 0 Å². The molecule has 2 nitrogen and oxygen atoms in total. The number of hydrogen-bond donors (Lipinski definition) is 1. The van der Waals surface area contributed by atoms with E-state index in [0.717, 1.165) is 11.7 Å². The number of rotatable bonds is 4. The highest BCUT2D eigenvalue weighted by molar-refractivity contribution is 7.99. The van der Waals surface area contributed by atoms with Gasteiger partial charge in [0, 0.05) is 11.4 Å². The number of aromatic nitrogens is 1. The van der Waals surface area contributed by atoms with E-state index in [0.29, 0.717) is 6.54 Å². The topological polar surface area (TPSA) is 38.9 Å². The van der Waals surface area contributed by atoms with Crippen molar-refractivity contribution in [3.63, 3.8) is 0 Å². The number of pyridine rings is 1. The predicted octanol–water partition coefficient (Wildman–Crippen LogP) is 2.62.